The monoisotopic (exact) mass is 357 g/mol. The van der Waals surface area contributed by atoms with E-state index in [0.717, 1.165) is 54.4 Å². The molecule has 2 aromatic rings. The highest BCUT2D eigenvalue weighted by Crippen LogP contribution is 2.38. The number of fused-ring (bicyclic) bond motifs is 3. The van der Waals surface area contributed by atoms with E-state index >= 15 is 0 Å². The number of amides is 1. The van der Waals surface area contributed by atoms with Gasteiger partial charge in [-0.05, 0) is 44.0 Å². The van der Waals surface area contributed by atoms with E-state index < -0.39 is 0 Å². The van der Waals surface area contributed by atoms with Gasteiger partial charge >= 0.3 is 0 Å². The summed E-state index contributed by atoms with van der Waals surface area (Å²) < 4.78 is 10.8. The lowest BCUT2D eigenvalue weighted by Gasteiger charge is -2.27. The second-order valence-corrected chi connectivity index (χ2v) is 7.72. The average molecular weight is 357 g/mol. The third-order valence-electron chi connectivity index (χ3n) is 5.22. The Morgan fingerprint density at radius 1 is 1.20 bits per heavy atom. The topological polar surface area (TPSA) is 63.7 Å². The average Bonchev–Trinajstić information content (AvgIpc) is 3.31. The number of benzene rings is 1. The molecule has 5 rings (SSSR count). The number of ether oxygens (including phenoxy) is 2. The molecule has 2 saturated heterocycles. The molecule has 0 radical (unpaired) electrons. The first-order valence-corrected chi connectivity index (χ1v) is 9.50. The Balaban J connectivity index is 1.41. The molecule has 7 heteroatoms. The zero-order valence-electron chi connectivity index (χ0n) is 13.7. The van der Waals surface area contributed by atoms with E-state index in [-0.39, 0.29) is 12.7 Å². The molecule has 2 bridgehead atoms. The number of hydrogen-bond acceptors (Lipinski definition) is 6. The maximum absolute atomic E-state index is 13.1. The highest BCUT2D eigenvalue weighted by Gasteiger charge is 2.38. The molecule has 6 nitrogen and oxygen atoms in total. The number of rotatable bonds is 2. The maximum atomic E-state index is 13.1. The highest BCUT2D eigenvalue weighted by molar-refractivity contribution is 7.16. The Kier molecular flexibility index (Phi) is 3.64. The third-order valence-corrected chi connectivity index (χ3v) is 6.26. The lowest BCUT2D eigenvalue weighted by atomic mass is 10.1. The second-order valence-electron chi connectivity index (χ2n) is 6.69. The number of nitrogens with zero attached hydrogens (tertiary/aromatic N) is 2. The number of carbonyl (C=O) groups excluding carboxylic acids is 1. The molecule has 0 aliphatic carbocycles. The summed E-state index contributed by atoms with van der Waals surface area (Å²) >= 11 is 1.45. The van der Waals surface area contributed by atoms with E-state index in [0.29, 0.717) is 17.0 Å². The predicted octanol–water partition coefficient (Wildman–Crippen LogP) is 2.51. The molecule has 1 aromatic carbocycles. The summed E-state index contributed by atoms with van der Waals surface area (Å²) in [6, 6.07) is 6.45. The summed E-state index contributed by atoms with van der Waals surface area (Å²) in [5, 5.41) is 4.27. The van der Waals surface area contributed by atoms with E-state index in [1.165, 1.54) is 11.3 Å². The Bertz CT molecular complexity index is 808. The van der Waals surface area contributed by atoms with Gasteiger partial charge in [-0.15, -0.1) is 11.3 Å². The van der Waals surface area contributed by atoms with Crippen LogP contribution in [0.25, 0.3) is 10.6 Å². The summed E-state index contributed by atoms with van der Waals surface area (Å²) in [5.41, 5.74) is 0.953. The molecule has 130 valence electrons. The Labute approximate surface area is 149 Å². The zero-order chi connectivity index (χ0) is 16.8. The van der Waals surface area contributed by atoms with Crippen LogP contribution in [0.2, 0.25) is 0 Å². The van der Waals surface area contributed by atoms with Gasteiger partial charge in [0.1, 0.15) is 9.88 Å². The minimum absolute atomic E-state index is 0.126. The van der Waals surface area contributed by atoms with Gasteiger partial charge in [0, 0.05) is 24.2 Å². The fourth-order valence-corrected chi connectivity index (χ4v) is 4.83. The smallest absolute Gasteiger partial charge is 0.266 e. The standard InChI is InChI=1S/C18H19N3O3S/c22-18(21-12-2-3-13(21)8-19-6-5-12)16-9-20-17(25-16)11-1-4-14-15(7-11)24-10-23-14/h1,4,7,9,12-13,19H,2-3,5-6,8,10H2. The van der Waals surface area contributed by atoms with Crippen molar-refractivity contribution in [3.8, 4) is 22.1 Å². The van der Waals surface area contributed by atoms with Crippen molar-refractivity contribution in [1.82, 2.24) is 15.2 Å². The van der Waals surface area contributed by atoms with Crippen molar-refractivity contribution in [2.24, 2.45) is 0 Å². The van der Waals surface area contributed by atoms with Gasteiger partial charge in [0.25, 0.3) is 5.91 Å². The Morgan fingerprint density at radius 2 is 2.08 bits per heavy atom. The largest absolute Gasteiger partial charge is 0.454 e. The maximum Gasteiger partial charge on any atom is 0.266 e. The Morgan fingerprint density at radius 3 is 3.04 bits per heavy atom. The van der Waals surface area contributed by atoms with Crippen LogP contribution in [-0.4, -0.2) is 47.8 Å². The lowest BCUT2D eigenvalue weighted by molar-refractivity contribution is 0.0685. The fourth-order valence-electron chi connectivity index (χ4n) is 3.98. The van der Waals surface area contributed by atoms with Crippen molar-refractivity contribution < 1.29 is 14.3 Å². The van der Waals surface area contributed by atoms with Gasteiger partial charge in [0.05, 0.1) is 6.20 Å². The van der Waals surface area contributed by atoms with Crippen LogP contribution in [0.5, 0.6) is 11.5 Å². The van der Waals surface area contributed by atoms with Crippen LogP contribution in [0.3, 0.4) is 0 Å². The number of hydrogen-bond donors (Lipinski definition) is 1. The van der Waals surface area contributed by atoms with Gasteiger partial charge in [-0.25, -0.2) is 4.98 Å². The summed E-state index contributed by atoms with van der Waals surface area (Å²) in [5.74, 6) is 1.61. The Hall–Kier alpha value is -2.12. The van der Waals surface area contributed by atoms with Crippen molar-refractivity contribution in [1.29, 1.82) is 0 Å². The number of aromatic nitrogens is 1. The molecule has 1 N–H and O–H groups in total. The molecule has 0 saturated carbocycles. The van der Waals surface area contributed by atoms with Crippen molar-refractivity contribution in [3.63, 3.8) is 0 Å². The normalized spacial score (nSPS) is 24.4. The molecular weight excluding hydrogens is 338 g/mol. The van der Waals surface area contributed by atoms with Crippen LogP contribution in [0, 0.1) is 0 Å². The molecule has 3 aliphatic rings. The van der Waals surface area contributed by atoms with Crippen LogP contribution in [-0.2, 0) is 0 Å². The SMILES string of the molecule is O=C(c1cnc(-c2ccc3c(c2)OCO3)s1)N1C2CCNCC1CC2. The minimum atomic E-state index is 0.126. The number of thiazole rings is 1. The molecule has 1 amide bonds. The molecule has 2 atom stereocenters. The van der Waals surface area contributed by atoms with E-state index in [1.54, 1.807) is 6.20 Å². The van der Waals surface area contributed by atoms with Gasteiger partial charge in [0.15, 0.2) is 11.5 Å². The minimum Gasteiger partial charge on any atom is -0.454 e. The first kappa shape index (κ1) is 15.2. The predicted molar refractivity (Wildman–Crippen MR) is 94.1 cm³/mol. The molecule has 4 heterocycles. The summed E-state index contributed by atoms with van der Waals surface area (Å²) in [7, 11) is 0. The van der Waals surface area contributed by atoms with Crippen molar-refractivity contribution in [3.05, 3.63) is 29.3 Å². The molecule has 0 spiro atoms. The van der Waals surface area contributed by atoms with E-state index in [4.69, 9.17) is 9.47 Å². The second kappa shape index (κ2) is 6.00. The molecule has 2 unspecified atom stereocenters. The van der Waals surface area contributed by atoms with Crippen LogP contribution in [0.15, 0.2) is 24.4 Å². The van der Waals surface area contributed by atoms with Gasteiger partial charge in [-0.2, -0.15) is 0 Å². The molecule has 25 heavy (non-hydrogen) atoms. The lowest BCUT2D eigenvalue weighted by Crippen LogP contribution is -2.42. The summed E-state index contributed by atoms with van der Waals surface area (Å²) in [6.07, 6.45) is 4.96. The number of carbonyl (C=O) groups is 1. The fraction of sp³-hybridized carbons (Fsp3) is 0.444. The number of nitrogens with one attached hydrogen (secondary N) is 1. The van der Waals surface area contributed by atoms with E-state index in [1.807, 2.05) is 18.2 Å². The van der Waals surface area contributed by atoms with Crippen LogP contribution >= 0.6 is 11.3 Å². The van der Waals surface area contributed by atoms with E-state index in [9.17, 15) is 4.79 Å². The van der Waals surface area contributed by atoms with Crippen LogP contribution in [0.1, 0.15) is 28.9 Å². The molecule has 3 aliphatic heterocycles. The van der Waals surface area contributed by atoms with Gasteiger partial charge in [-0.1, -0.05) is 0 Å². The van der Waals surface area contributed by atoms with Crippen molar-refractivity contribution in [2.45, 2.75) is 31.3 Å². The van der Waals surface area contributed by atoms with Crippen molar-refractivity contribution >= 4 is 17.2 Å². The quantitative estimate of drug-likeness (QED) is 0.895. The zero-order valence-corrected chi connectivity index (χ0v) is 14.6. The van der Waals surface area contributed by atoms with Gasteiger partial charge in [0.2, 0.25) is 6.79 Å². The summed E-state index contributed by atoms with van der Waals surface area (Å²) in [4.78, 5) is 20.4. The van der Waals surface area contributed by atoms with Crippen LogP contribution in [0.4, 0.5) is 0 Å². The highest BCUT2D eigenvalue weighted by atomic mass is 32.1. The van der Waals surface area contributed by atoms with Crippen molar-refractivity contribution in [2.75, 3.05) is 19.9 Å². The molecule has 1 aromatic heterocycles. The first-order valence-electron chi connectivity index (χ1n) is 8.69. The third kappa shape index (κ3) is 2.58. The van der Waals surface area contributed by atoms with E-state index in [2.05, 4.69) is 15.2 Å². The van der Waals surface area contributed by atoms with Gasteiger partial charge < -0.3 is 19.7 Å². The first-order chi connectivity index (χ1) is 12.3. The summed E-state index contributed by atoms with van der Waals surface area (Å²) in [6.45, 7) is 2.15. The van der Waals surface area contributed by atoms with Crippen LogP contribution < -0.4 is 14.8 Å². The molecule has 2 fully saturated rings. The van der Waals surface area contributed by atoms with Gasteiger partial charge in [-0.3, -0.25) is 4.79 Å². The molecular formula is C18H19N3O3S.